The van der Waals surface area contributed by atoms with Gasteiger partial charge in [0.15, 0.2) is 0 Å². The summed E-state index contributed by atoms with van der Waals surface area (Å²) < 4.78 is 18.4. The topological polar surface area (TPSA) is 33.4 Å². The highest BCUT2D eigenvalue weighted by Gasteiger charge is 2.07. The van der Waals surface area contributed by atoms with Gasteiger partial charge in [-0.1, -0.05) is 12.2 Å². The van der Waals surface area contributed by atoms with Gasteiger partial charge in [0.1, 0.15) is 17.3 Å². The molecule has 0 bridgehead atoms. The van der Waals surface area contributed by atoms with Crippen LogP contribution >= 0.6 is 0 Å². The van der Waals surface area contributed by atoms with Crippen LogP contribution in [0.4, 0.5) is 4.39 Å². The Morgan fingerprint density at radius 3 is 2.38 bits per heavy atom. The molecule has 0 spiro atoms. The summed E-state index contributed by atoms with van der Waals surface area (Å²) in [5.74, 6) is 1.19. The van der Waals surface area contributed by atoms with Gasteiger partial charge in [-0.2, -0.15) is 0 Å². The lowest BCUT2D eigenvalue weighted by Gasteiger charge is -1.96. The van der Waals surface area contributed by atoms with E-state index in [1.807, 2.05) is 26.8 Å². The normalized spacial score (nSPS) is 13.4. The van der Waals surface area contributed by atoms with E-state index in [0.717, 1.165) is 22.6 Å². The van der Waals surface area contributed by atoms with Crippen LogP contribution in [0.15, 0.2) is 21.9 Å². The van der Waals surface area contributed by atoms with E-state index in [1.54, 1.807) is 13.0 Å². The van der Waals surface area contributed by atoms with Gasteiger partial charge in [-0.05, 0) is 38.8 Å². The number of hydrogen-bond donors (Lipinski definition) is 1. The minimum atomic E-state index is -0.557. The van der Waals surface area contributed by atoms with Gasteiger partial charge in [-0.3, -0.25) is 0 Å². The molecule has 0 amide bonds. The number of allylic oxidation sites excluding steroid dienone is 2. The lowest BCUT2D eigenvalue weighted by molar-refractivity contribution is 0.296. The number of rotatable bonds is 3. The number of aliphatic hydroxyl groups is 1. The highest BCUT2D eigenvalue weighted by atomic mass is 19.1. The SMILES string of the molecule is CC(C=Cc1c(C)oc(C)c1C)=C(F)CO. The second-order valence-corrected chi connectivity index (χ2v) is 3.83. The first-order valence-electron chi connectivity index (χ1n) is 5.18. The molecule has 0 aromatic carbocycles. The zero-order valence-corrected chi connectivity index (χ0v) is 10.1. The lowest BCUT2D eigenvalue weighted by Crippen LogP contribution is -1.86. The monoisotopic (exact) mass is 224 g/mol. The second kappa shape index (κ2) is 5.12. The molecule has 1 heterocycles. The summed E-state index contributed by atoms with van der Waals surface area (Å²) in [6, 6.07) is 0. The quantitative estimate of drug-likeness (QED) is 0.798. The van der Waals surface area contributed by atoms with E-state index in [4.69, 9.17) is 9.52 Å². The molecular weight excluding hydrogens is 207 g/mol. The van der Waals surface area contributed by atoms with Crippen molar-refractivity contribution in [2.75, 3.05) is 6.61 Å². The molecule has 1 rings (SSSR count). The van der Waals surface area contributed by atoms with Gasteiger partial charge in [-0.25, -0.2) is 4.39 Å². The summed E-state index contributed by atoms with van der Waals surface area (Å²) in [7, 11) is 0. The van der Waals surface area contributed by atoms with Crippen LogP contribution in [0.25, 0.3) is 6.08 Å². The minimum absolute atomic E-state index is 0.431. The van der Waals surface area contributed by atoms with Crippen LogP contribution in [0.2, 0.25) is 0 Å². The van der Waals surface area contributed by atoms with Gasteiger partial charge in [0, 0.05) is 5.56 Å². The van der Waals surface area contributed by atoms with Crippen LogP contribution in [0.5, 0.6) is 0 Å². The van der Waals surface area contributed by atoms with Gasteiger partial charge in [0.2, 0.25) is 0 Å². The number of aliphatic hydroxyl groups excluding tert-OH is 1. The van der Waals surface area contributed by atoms with Crippen LogP contribution in [0.1, 0.15) is 29.6 Å². The Kier molecular flexibility index (Phi) is 4.07. The molecular formula is C13H17FO2. The van der Waals surface area contributed by atoms with E-state index in [1.165, 1.54) is 0 Å². The molecule has 16 heavy (non-hydrogen) atoms. The molecule has 0 radical (unpaired) electrons. The lowest BCUT2D eigenvalue weighted by atomic mass is 10.1. The van der Waals surface area contributed by atoms with Crippen LogP contribution in [0, 0.1) is 20.8 Å². The zero-order chi connectivity index (χ0) is 12.3. The Morgan fingerprint density at radius 1 is 1.31 bits per heavy atom. The van der Waals surface area contributed by atoms with E-state index in [-0.39, 0.29) is 0 Å². The molecule has 1 aromatic heterocycles. The van der Waals surface area contributed by atoms with Crippen LogP contribution in [0.3, 0.4) is 0 Å². The Labute approximate surface area is 95.1 Å². The molecule has 0 aliphatic carbocycles. The summed E-state index contributed by atoms with van der Waals surface area (Å²) in [5.41, 5.74) is 2.47. The van der Waals surface area contributed by atoms with E-state index < -0.39 is 12.4 Å². The Balaban J connectivity index is 3.01. The third-order valence-electron chi connectivity index (χ3n) is 2.68. The van der Waals surface area contributed by atoms with Crippen molar-refractivity contribution in [3.8, 4) is 0 Å². The van der Waals surface area contributed by atoms with Crippen molar-refractivity contribution >= 4 is 6.08 Å². The van der Waals surface area contributed by atoms with Crippen molar-refractivity contribution in [1.29, 1.82) is 0 Å². The van der Waals surface area contributed by atoms with Gasteiger partial charge in [0.25, 0.3) is 0 Å². The summed E-state index contributed by atoms with van der Waals surface area (Å²) in [6.45, 7) is 6.81. The van der Waals surface area contributed by atoms with Gasteiger partial charge < -0.3 is 9.52 Å². The van der Waals surface area contributed by atoms with Crippen molar-refractivity contribution in [3.05, 3.63) is 40.1 Å². The van der Waals surface area contributed by atoms with E-state index >= 15 is 0 Å². The van der Waals surface area contributed by atoms with Crippen molar-refractivity contribution in [1.82, 2.24) is 0 Å². The van der Waals surface area contributed by atoms with E-state index in [9.17, 15) is 4.39 Å². The minimum Gasteiger partial charge on any atom is -0.466 e. The number of aryl methyl sites for hydroxylation is 2. The highest BCUT2D eigenvalue weighted by Crippen LogP contribution is 2.22. The molecule has 0 unspecified atom stereocenters. The molecule has 0 saturated heterocycles. The molecule has 88 valence electrons. The van der Waals surface area contributed by atoms with Gasteiger partial charge >= 0.3 is 0 Å². The summed E-state index contributed by atoms with van der Waals surface area (Å²) in [6.07, 6.45) is 3.46. The molecule has 1 N–H and O–H groups in total. The average molecular weight is 224 g/mol. The first-order chi connectivity index (χ1) is 7.47. The van der Waals surface area contributed by atoms with Gasteiger partial charge in [0.05, 0.1) is 6.61 Å². The predicted molar refractivity (Wildman–Crippen MR) is 62.8 cm³/mol. The largest absolute Gasteiger partial charge is 0.466 e. The third kappa shape index (κ3) is 2.61. The first-order valence-corrected chi connectivity index (χ1v) is 5.18. The summed E-state index contributed by atoms with van der Waals surface area (Å²) >= 11 is 0. The fraction of sp³-hybridized carbons (Fsp3) is 0.385. The fourth-order valence-electron chi connectivity index (χ4n) is 1.48. The summed E-state index contributed by atoms with van der Waals surface area (Å²) in [4.78, 5) is 0. The maximum Gasteiger partial charge on any atom is 0.128 e. The highest BCUT2D eigenvalue weighted by molar-refractivity contribution is 5.59. The van der Waals surface area contributed by atoms with Crippen molar-refractivity contribution in [2.24, 2.45) is 0 Å². The fourth-order valence-corrected chi connectivity index (χ4v) is 1.48. The van der Waals surface area contributed by atoms with Gasteiger partial charge in [-0.15, -0.1) is 0 Å². The standard InChI is InChI=1S/C13H17FO2/c1-8(13(14)7-15)5-6-12-9(2)10(3)16-11(12)4/h5-6,15H,7H2,1-4H3. The molecule has 0 saturated carbocycles. The van der Waals surface area contributed by atoms with Crippen LogP contribution in [-0.2, 0) is 0 Å². The Morgan fingerprint density at radius 2 is 1.94 bits per heavy atom. The molecule has 3 heteroatoms. The van der Waals surface area contributed by atoms with E-state index in [0.29, 0.717) is 5.57 Å². The number of halogens is 1. The molecule has 0 aliphatic rings. The zero-order valence-electron chi connectivity index (χ0n) is 10.1. The molecule has 1 aromatic rings. The Hall–Kier alpha value is -1.35. The maximum atomic E-state index is 13.0. The van der Waals surface area contributed by atoms with Crippen molar-refractivity contribution in [3.63, 3.8) is 0 Å². The molecule has 0 aliphatic heterocycles. The molecule has 2 nitrogen and oxygen atoms in total. The second-order valence-electron chi connectivity index (χ2n) is 3.83. The number of hydrogen-bond acceptors (Lipinski definition) is 2. The van der Waals surface area contributed by atoms with Crippen molar-refractivity contribution in [2.45, 2.75) is 27.7 Å². The smallest absolute Gasteiger partial charge is 0.128 e. The van der Waals surface area contributed by atoms with Crippen molar-refractivity contribution < 1.29 is 13.9 Å². The Bertz CT molecular complexity index is 439. The summed E-state index contributed by atoms with van der Waals surface area (Å²) in [5, 5.41) is 8.63. The maximum absolute atomic E-state index is 13.0. The number of furan rings is 1. The third-order valence-corrected chi connectivity index (χ3v) is 2.68. The molecule has 0 atom stereocenters. The average Bonchev–Trinajstić information content (AvgIpc) is 2.49. The van der Waals surface area contributed by atoms with Crippen LogP contribution in [-0.4, -0.2) is 11.7 Å². The predicted octanol–water partition coefficient (Wildman–Crippen LogP) is 3.45. The van der Waals surface area contributed by atoms with Crippen LogP contribution < -0.4 is 0 Å². The molecule has 0 fully saturated rings. The van der Waals surface area contributed by atoms with E-state index in [2.05, 4.69) is 0 Å². The first kappa shape index (κ1) is 12.7.